The molecule has 1 amide bonds. The number of thiophene rings is 1. The predicted octanol–water partition coefficient (Wildman–Crippen LogP) is 4.57. The van der Waals surface area contributed by atoms with Gasteiger partial charge in [-0.15, -0.1) is 11.3 Å². The standard InChI is InChI=1S/C23H22F2N2O5S2/c1-3-19(27-34(30,31)17-11-9-16(25)10-12-17)21(28)26-22-20(23(29)32-4-2)18(13-33-22)14-5-7-15(24)8-6-14/h5-13,19,27H,3-4H2,1-2H3,(H,26,28). The van der Waals surface area contributed by atoms with Crippen LogP contribution in [0.3, 0.4) is 0 Å². The molecule has 1 unspecified atom stereocenters. The van der Waals surface area contributed by atoms with Gasteiger partial charge in [0, 0.05) is 10.9 Å². The Morgan fingerprint density at radius 1 is 1.00 bits per heavy atom. The lowest BCUT2D eigenvalue weighted by Crippen LogP contribution is -2.43. The van der Waals surface area contributed by atoms with Crippen molar-refractivity contribution in [2.24, 2.45) is 0 Å². The molecule has 180 valence electrons. The first kappa shape index (κ1) is 25.5. The van der Waals surface area contributed by atoms with Gasteiger partial charge in [0.15, 0.2) is 0 Å². The fourth-order valence-corrected chi connectivity index (χ4v) is 5.33. The third-order valence-electron chi connectivity index (χ3n) is 4.81. The quantitative estimate of drug-likeness (QED) is 0.413. The number of amides is 1. The van der Waals surface area contributed by atoms with Crippen molar-refractivity contribution in [2.45, 2.75) is 31.2 Å². The monoisotopic (exact) mass is 508 g/mol. The van der Waals surface area contributed by atoms with Gasteiger partial charge in [0.25, 0.3) is 0 Å². The van der Waals surface area contributed by atoms with E-state index in [2.05, 4.69) is 10.0 Å². The van der Waals surface area contributed by atoms with Crippen LogP contribution in [0.25, 0.3) is 11.1 Å². The average molecular weight is 509 g/mol. The molecule has 0 bridgehead atoms. The predicted molar refractivity (Wildman–Crippen MR) is 125 cm³/mol. The van der Waals surface area contributed by atoms with Crippen LogP contribution < -0.4 is 10.0 Å². The fraction of sp³-hybridized carbons (Fsp3) is 0.217. The number of carbonyl (C=O) groups excluding carboxylic acids is 2. The number of halogens is 2. The Labute approximate surface area is 199 Å². The van der Waals surface area contributed by atoms with E-state index in [9.17, 15) is 26.8 Å². The highest BCUT2D eigenvalue weighted by Crippen LogP contribution is 2.36. The van der Waals surface area contributed by atoms with Crippen molar-refractivity contribution in [2.75, 3.05) is 11.9 Å². The van der Waals surface area contributed by atoms with E-state index in [1.54, 1.807) is 19.2 Å². The van der Waals surface area contributed by atoms with Crippen molar-refractivity contribution in [3.8, 4) is 11.1 Å². The molecule has 1 atom stereocenters. The number of hydrogen-bond donors (Lipinski definition) is 2. The average Bonchev–Trinajstić information content (AvgIpc) is 3.22. The topological polar surface area (TPSA) is 102 Å². The van der Waals surface area contributed by atoms with Crippen LogP contribution in [0.4, 0.5) is 13.8 Å². The summed E-state index contributed by atoms with van der Waals surface area (Å²) in [6, 6.07) is 8.52. The lowest BCUT2D eigenvalue weighted by molar-refractivity contribution is -0.117. The van der Waals surface area contributed by atoms with Gasteiger partial charge in [-0.25, -0.2) is 22.0 Å². The van der Waals surface area contributed by atoms with Crippen LogP contribution in [0.2, 0.25) is 0 Å². The minimum atomic E-state index is -4.10. The summed E-state index contributed by atoms with van der Waals surface area (Å²) >= 11 is 1.06. The van der Waals surface area contributed by atoms with Gasteiger partial charge in [-0.05, 0) is 55.3 Å². The molecule has 0 saturated carbocycles. The summed E-state index contributed by atoms with van der Waals surface area (Å²) in [7, 11) is -4.10. The summed E-state index contributed by atoms with van der Waals surface area (Å²) in [6.07, 6.45) is 0.108. The number of hydrogen-bond acceptors (Lipinski definition) is 6. The maximum absolute atomic E-state index is 13.3. The van der Waals surface area contributed by atoms with E-state index < -0.39 is 39.6 Å². The Kier molecular flexibility index (Phi) is 8.13. The van der Waals surface area contributed by atoms with Crippen LogP contribution in [0.1, 0.15) is 30.6 Å². The molecule has 0 saturated heterocycles. The molecule has 1 heterocycles. The SMILES string of the molecule is CCOC(=O)c1c(-c2ccc(F)cc2)csc1NC(=O)C(CC)NS(=O)(=O)c1ccc(F)cc1. The third kappa shape index (κ3) is 5.85. The molecular weight excluding hydrogens is 486 g/mol. The summed E-state index contributed by atoms with van der Waals surface area (Å²) in [4.78, 5) is 25.4. The Bertz CT molecular complexity index is 1270. The van der Waals surface area contributed by atoms with Gasteiger partial charge in [-0.1, -0.05) is 19.1 Å². The minimum absolute atomic E-state index is 0.0862. The highest BCUT2D eigenvalue weighted by molar-refractivity contribution is 7.89. The van der Waals surface area contributed by atoms with Crippen LogP contribution in [-0.2, 0) is 19.6 Å². The molecule has 0 aliphatic heterocycles. The molecule has 3 rings (SSSR count). The molecule has 11 heteroatoms. The van der Waals surface area contributed by atoms with Crippen LogP contribution >= 0.6 is 11.3 Å². The molecule has 1 aromatic heterocycles. The number of nitrogens with one attached hydrogen (secondary N) is 2. The highest BCUT2D eigenvalue weighted by atomic mass is 32.2. The first-order valence-electron chi connectivity index (χ1n) is 10.3. The van der Waals surface area contributed by atoms with Gasteiger partial charge in [0.05, 0.1) is 11.5 Å². The lowest BCUT2D eigenvalue weighted by atomic mass is 10.0. The van der Waals surface area contributed by atoms with E-state index in [1.807, 2.05) is 0 Å². The number of rotatable bonds is 9. The first-order chi connectivity index (χ1) is 16.2. The molecular formula is C23H22F2N2O5S2. The minimum Gasteiger partial charge on any atom is -0.462 e. The van der Waals surface area contributed by atoms with E-state index in [0.717, 1.165) is 35.6 Å². The van der Waals surface area contributed by atoms with E-state index in [0.29, 0.717) is 11.1 Å². The Morgan fingerprint density at radius 2 is 1.59 bits per heavy atom. The summed E-state index contributed by atoms with van der Waals surface area (Å²) in [5, 5.41) is 4.40. The van der Waals surface area contributed by atoms with E-state index in [1.165, 1.54) is 24.3 Å². The molecule has 0 radical (unpaired) electrons. The number of esters is 1. The summed E-state index contributed by atoms with van der Waals surface area (Å²) in [5.74, 6) is -2.40. The van der Waals surface area contributed by atoms with Crippen molar-refractivity contribution in [1.29, 1.82) is 0 Å². The molecule has 7 nitrogen and oxygen atoms in total. The molecule has 34 heavy (non-hydrogen) atoms. The number of sulfonamides is 1. The summed E-state index contributed by atoms with van der Waals surface area (Å²) < 4.78 is 59.2. The van der Waals surface area contributed by atoms with Gasteiger partial charge in [-0.2, -0.15) is 4.72 Å². The second-order valence-corrected chi connectivity index (χ2v) is 9.70. The second-order valence-electron chi connectivity index (χ2n) is 7.11. The first-order valence-corrected chi connectivity index (χ1v) is 12.7. The van der Waals surface area contributed by atoms with Gasteiger partial charge in [-0.3, -0.25) is 4.79 Å². The smallest absolute Gasteiger partial charge is 0.341 e. The number of benzene rings is 2. The van der Waals surface area contributed by atoms with Crippen LogP contribution in [0, 0.1) is 11.6 Å². The third-order valence-corrected chi connectivity index (χ3v) is 7.19. The van der Waals surface area contributed by atoms with Gasteiger partial charge < -0.3 is 10.1 Å². The fourth-order valence-electron chi connectivity index (χ4n) is 3.09. The second kappa shape index (κ2) is 10.9. The Balaban J connectivity index is 1.88. The van der Waals surface area contributed by atoms with Crippen molar-refractivity contribution in [1.82, 2.24) is 4.72 Å². The van der Waals surface area contributed by atoms with Crippen molar-refractivity contribution < 1.29 is 31.5 Å². The highest BCUT2D eigenvalue weighted by Gasteiger charge is 2.28. The van der Waals surface area contributed by atoms with Crippen molar-refractivity contribution in [3.05, 3.63) is 71.1 Å². The molecule has 0 aliphatic carbocycles. The van der Waals surface area contributed by atoms with Gasteiger partial charge in [0.1, 0.15) is 28.2 Å². The van der Waals surface area contributed by atoms with Crippen LogP contribution in [0.15, 0.2) is 58.8 Å². The van der Waals surface area contributed by atoms with Gasteiger partial charge >= 0.3 is 5.97 Å². The Morgan fingerprint density at radius 3 is 2.15 bits per heavy atom. The van der Waals surface area contributed by atoms with Crippen LogP contribution in [-0.4, -0.2) is 32.9 Å². The maximum atomic E-state index is 13.3. The van der Waals surface area contributed by atoms with Crippen molar-refractivity contribution >= 4 is 38.2 Å². The van der Waals surface area contributed by atoms with Crippen LogP contribution in [0.5, 0.6) is 0 Å². The molecule has 0 aliphatic rings. The zero-order valence-electron chi connectivity index (χ0n) is 18.3. The lowest BCUT2D eigenvalue weighted by Gasteiger charge is -2.17. The summed E-state index contributed by atoms with van der Waals surface area (Å²) in [5.41, 5.74) is 1.08. The molecule has 2 N–H and O–H groups in total. The molecule has 3 aromatic rings. The van der Waals surface area contributed by atoms with Gasteiger partial charge in [0.2, 0.25) is 15.9 Å². The largest absolute Gasteiger partial charge is 0.462 e. The number of carbonyl (C=O) groups is 2. The molecule has 0 fully saturated rings. The number of ether oxygens (including phenoxy) is 1. The van der Waals surface area contributed by atoms with E-state index in [4.69, 9.17) is 4.74 Å². The zero-order chi connectivity index (χ0) is 24.9. The van der Waals surface area contributed by atoms with E-state index in [-0.39, 0.29) is 28.5 Å². The molecule has 0 spiro atoms. The summed E-state index contributed by atoms with van der Waals surface area (Å²) in [6.45, 7) is 3.35. The number of anilines is 1. The Hall–Kier alpha value is -3.15. The normalized spacial score (nSPS) is 12.2. The van der Waals surface area contributed by atoms with E-state index >= 15 is 0 Å². The maximum Gasteiger partial charge on any atom is 0.341 e. The zero-order valence-corrected chi connectivity index (χ0v) is 19.9. The molecule has 2 aromatic carbocycles. The van der Waals surface area contributed by atoms with Crippen molar-refractivity contribution in [3.63, 3.8) is 0 Å².